The number of thiophene rings is 1. The molecule has 0 aliphatic carbocycles. The summed E-state index contributed by atoms with van der Waals surface area (Å²) in [5, 5.41) is 9.41. The van der Waals surface area contributed by atoms with E-state index in [1.54, 1.807) is 41.0 Å². The van der Waals surface area contributed by atoms with E-state index >= 15 is 0 Å². The Hall–Kier alpha value is -2.07. The maximum atomic E-state index is 12.5. The number of hydrogen-bond donors (Lipinski definition) is 1. The molecule has 9 heteroatoms. The van der Waals surface area contributed by atoms with Crippen LogP contribution in [-0.4, -0.2) is 37.7 Å². The Morgan fingerprint density at radius 1 is 1.15 bits per heavy atom. The average molecular weight is 422 g/mol. The monoisotopic (exact) mass is 421 g/mol. The molecule has 3 aromatic rings. The van der Waals surface area contributed by atoms with Crippen LogP contribution in [0.1, 0.15) is 29.0 Å². The Kier molecular flexibility index (Phi) is 5.75. The van der Waals surface area contributed by atoms with Crippen LogP contribution in [0.2, 0.25) is 0 Å². The topological polar surface area (TPSA) is 79.4 Å². The standard InChI is InChI=1S/C18H19N3O3S3/c1-12(13-4-6-15(7-5-13)27(23,24)21(2)3)19-17(22)16-11-26-18(20-16)14-8-9-25-10-14/h4-12H,1-3H3,(H,19,22). The van der Waals surface area contributed by atoms with Gasteiger partial charge in [-0.3, -0.25) is 4.79 Å². The van der Waals surface area contributed by atoms with Crippen molar-refractivity contribution in [1.29, 1.82) is 0 Å². The van der Waals surface area contributed by atoms with Gasteiger partial charge in [0, 0.05) is 30.4 Å². The Labute approximate surface area is 166 Å². The minimum Gasteiger partial charge on any atom is -0.344 e. The molecular weight excluding hydrogens is 402 g/mol. The lowest BCUT2D eigenvalue weighted by molar-refractivity contribution is 0.0935. The second-order valence-corrected chi connectivity index (χ2v) is 9.89. The molecule has 1 unspecified atom stereocenters. The number of aromatic nitrogens is 1. The quantitative estimate of drug-likeness (QED) is 0.659. The highest BCUT2D eigenvalue weighted by Crippen LogP contribution is 2.26. The highest BCUT2D eigenvalue weighted by atomic mass is 32.2. The van der Waals surface area contributed by atoms with Crippen LogP contribution >= 0.6 is 22.7 Å². The maximum absolute atomic E-state index is 12.5. The first-order valence-electron chi connectivity index (χ1n) is 8.10. The van der Waals surface area contributed by atoms with E-state index in [1.807, 2.05) is 23.8 Å². The number of nitrogens with zero attached hydrogens (tertiary/aromatic N) is 2. The van der Waals surface area contributed by atoms with Crippen molar-refractivity contribution in [3.8, 4) is 10.6 Å². The number of hydrogen-bond acceptors (Lipinski definition) is 6. The van der Waals surface area contributed by atoms with Gasteiger partial charge in [0.1, 0.15) is 10.7 Å². The Morgan fingerprint density at radius 3 is 2.44 bits per heavy atom. The lowest BCUT2D eigenvalue weighted by Crippen LogP contribution is -2.27. The molecule has 0 spiro atoms. The van der Waals surface area contributed by atoms with Crippen molar-refractivity contribution in [3.63, 3.8) is 0 Å². The van der Waals surface area contributed by atoms with Crippen molar-refractivity contribution in [2.75, 3.05) is 14.1 Å². The summed E-state index contributed by atoms with van der Waals surface area (Å²) in [6, 6.07) is 8.20. The summed E-state index contributed by atoms with van der Waals surface area (Å²) in [5.74, 6) is -0.259. The second kappa shape index (κ2) is 7.89. The van der Waals surface area contributed by atoms with E-state index in [9.17, 15) is 13.2 Å². The summed E-state index contributed by atoms with van der Waals surface area (Å²) in [4.78, 5) is 17.1. The molecule has 6 nitrogen and oxygen atoms in total. The zero-order valence-electron chi connectivity index (χ0n) is 15.0. The minimum atomic E-state index is -3.47. The summed E-state index contributed by atoms with van der Waals surface area (Å²) < 4.78 is 25.4. The van der Waals surface area contributed by atoms with Gasteiger partial charge >= 0.3 is 0 Å². The van der Waals surface area contributed by atoms with E-state index < -0.39 is 10.0 Å². The fourth-order valence-electron chi connectivity index (χ4n) is 2.39. The molecule has 1 N–H and O–H groups in total. The third-order valence-electron chi connectivity index (χ3n) is 4.01. The summed E-state index contributed by atoms with van der Waals surface area (Å²) >= 11 is 3.01. The van der Waals surface area contributed by atoms with Crippen molar-refractivity contribution < 1.29 is 13.2 Å². The number of sulfonamides is 1. The van der Waals surface area contributed by atoms with E-state index in [-0.39, 0.29) is 16.8 Å². The number of benzene rings is 1. The minimum absolute atomic E-state index is 0.217. The summed E-state index contributed by atoms with van der Waals surface area (Å²) in [7, 11) is -0.485. The number of carbonyl (C=O) groups excluding carboxylic acids is 1. The first-order valence-corrected chi connectivity index (χ1v) is 11.4. The van der Waals surface area contributed by atoms with Gasteiger partial charge in [-0.05, 0) is 36.1 Å². The van der Waals surface area contributed by atoms with Crippen LogP contribution in [0, 0.1) is 0 Å². The molecule has 1 atom stereocenters. The molecule has 0 saturated carbocycles. The zero-order valence-corrected chi connectivity index (χ0v) is 17.5. The normalized spacial score (nSPS) is 12.9. The Morgan fingerprint density at radius 2 is 1.85 bits per heavy atom. The SMILES string of the molecule is CC(NC(=O)c1csc(-c2ccsc2)n1)c1ccc(S(=O)(=O)N(C)C)cc1. The lowest BCUT2D eigenvalue weighted by atomic mass is 10.1. The predicted molar refractivity (Wildman–Crippen MR) is 109 cm³/mol. The molecule has 3 rings (SSSR count). The van der Waals surface area contributed by atoms with Crippen LogP contribution in [0.25, 0.3) is 10.6 Å². The van der Waals surface area contributed by atoms with Crippen molar-refractivity contribution in [3.05, 3.63) is 57.7 Å². The summed E-state index contributed by atoms with van der Waals surface area (Å²) in [6.07, 6.45) is 0. The third kappa shape index (κ3) is 4.27. The molecule has 27 heavy (non-hydrogen) atoms. The van der Waals surface area contributed by atoms with Crippen LogP contribution in [0.15, 0.2) is 51.4 Å². The number of rotatable bonds is 6. The van der Waals surface area contributed by atoms with E-state index in [4.69, 9.17) is 0 Å². The first-order chi connectivity index (χ1) is 12.8. The summed E-state index contributed by atoms with van der Waals surface area (Å²) in [6.45, 7) is 1.85. The lowest BCUT2D eigenvalue weighted by Gasteiger charge is -2.15. The molecule has 1 aromatic carbocycles. The molecule has 0 bridgehead atoms. The van der Waals surface area contributed by atoms with Gasteiger partial charge in [-0.1, -0.05) is 12.1 Å². The predicted octanol–water partition coefficient (Wildman–Crippen LogP) is 3.61. The molecule has 2 aromatic heterocycles. The van der Waals surface area contributed by atoms with Gasteiger partial charge in [-0.15, -0.1) is 11.3 Å². The van der Waals surface area contributed by atoms with Crippen molar-refractivity contribution in [2.24, 2.45) is 0 Å². The van der Waals surface area contributed by atoms with Crippen molar-refractivity contribution in [1.82, 2.24) is 14.6 Å². The van der Waals surface area contributed by atoms with Gasteiger partial charge in [0.2, 0.25) is 10.0 Å². The molecule has 0 fully saturated rings. The fourth-order valence-corrected chi connectivity index (χ4v) is 4.80. The third-order valence-corrected chi connectivity index (χ3v) is 7.42. The highest BCUT2D eigenvalue weighted by Gasteiger charge is 2.19. The van der Waals surface area contributed by atoms with Gasteiger partial charge in [0.05, 0.1) is 10.9 Å². The molecular formula is C18H19N3O3S3. The molecule has 142 valence electrons. The van der Waals surface area contributed by atoms with E-state index in [2.05, 4.69) is 10.3 Å². The van der Waals surface area contributed by atoms with Crippen molar-refractivity contribution >= 4 is 38.6 Å². The maximum Gasteiger partial charge on any atom is 0.271 e. The van der Waals surface area contributed by atoms with Gasteiger partial charge in [-0.2, -0.15) is 11.3 Å². The van der Waals surface area contributed by atoms with E-state index in [0.717, 1.165) is 16.1 Å². The Bertz CT molecular complexity index is 1020. The Balaban J connectivity index is 1.70. The smallest absolute Gasteiger partial charge is 0.271 e. The van der Waals surface area contributed by atoms with Gasteiger partial charge < -0.3 is 5.32 Å². The molecule has 0 aliphatic rings. The molecule has 1 amide bonds. The molecule has 0 saturated heterocycles. The summed E-state index contributed by atoms with van der Waals surface area (Å²) in [5.41, 5.74) is 2.20. The molecule has 0 aliphatic heterocycles. The van der Waals surface area contributed by atoms with Crippen LogP contribution < -0.4 is 5.32 Å². The molecule has 2 heterocycles. The average Bonchev–Trinajstić information content (AvgIpc) is 3.33. The number of thiazole rings is 1. The van der Waals surface area contributed by atoms with Crippen LogP contribution in [0.3, 0.4) is 0 Å². The van der Waals surface area contributed by atoms with Crippen LogP contribution in [0.5, 0.6) is 0 Å². The van der Waals surface area contributed by atoms with Gasteiger partial charge in [-0.25, -0.2) is 17.7 Å². The van der Waals surface area contributed by atoms with Gasteiger partial charge in [0.15, 0.2) is 0 Å². The van der Waals surface area contributed by atoms with Gasteiger partial charge in [0.25, 0.3) is 5.91 Å². The zero-order chi connectivity index (χ0) is 19.6. The van der Waals surface area contributed by atoms with Crippen LogP contribution in [-0.2, 0) is 10.0 Å². The van der Waals surface area contributed by atoms with E-state index in [1.165, 1.54) is 29.7 Å². The highest BCUT2D eigenvalue weighted by molar-refractivity contribution is 7.89. The van der Waals surface area contributed by atoms with Crippen LogP contribution in [0.4, 0.5) is 0 Å². The van der Waals surface area contributed by atoms with Crippen molar-refractivity contribution in [2.45, 2.75) is 17.9 Å². The fraction of sp³-hybridized carbons (Fsp3) is 0.222. The number of nitrogens with one attached hydrogen (secondary N) is 1. The largest absolute Gasteiger partial charge is 0.344 e. The number of carbonyl (C=O) groups is 1. The van der Waals surface area contributed by atoms with E-state index in [0.29, 0.717) is 5.69 Å². The number of amides is 1. The molecule has 0 radical (unpaired) electrons. The second-order valence-electron chi connectivity index (χ2n) is 6.10. The first kappa shape index (κ1) is 19.7.